The number of aromatic nitrogens is 2. The van der Waals surface area contributed by atoms with Crippen LogP contribution in [0.3, 0.4) is 0 Å². The third-order valence-electron chi connectivity index (χ3n) is 4.25. The number of carbonyl (C=O) groups is 1. The lowest BCUT2D eigenvalue weighted by Gasteiger charge is -2.22. The van der Waals surface area contributed by atoms with Crippen molar-refractivity contribution >= 4 is 5.91 Å². The van der Waals surface area contributed by atoms with E-state index in [1.54, 1.807) is 7.05 Å². The molecule has 3 rings (SSSR count). The molecular weight excluding hydrogens is 326 g/mol. The minimum absolute atomic E-state index is 0.0437. The number of halogens is 4. The summed E-state index contributed by atoms with van der Waals surface area (Å²) in [6.45, 7) is -0.144. The molecule has 2 heterocycles. The standard InChI is InChI=1S/C16H15F4N3O/c1-22-13(5-7-21-22)14(24)23-8-6-15(17,10-23)11-3-2-4-12(9-11)16(18,19)20/h2-5,7,9H,6,8,10H2,1H3. The lowest BCUT2D eigenvalue weighted by atomic mass is 9.93. The van der Waals surface area contributed by atoms with Gasteiger partial charge in [0.15, 0.2) is 5.67 Å². The van der Waals surface area contributed by atoms with E-state index < -0.39 is 17.4 Å². The van der Waals surface area contributed by atoms with E-state index in [4.69, 9.17) is 0 Å². The SMILES string of the molecule is Cn1nccc1C(=O)N1CCC(F)(c2cccc(C(F)(F)F)c2)C1. The van der Waals surface area contributed by atoms with Gasteiger partial charge < -0.3 is 4.90 Å². The Hall–Kier alpha value is -2.38. The van der Waals surface area contributed by atoms with Crippen LogP contribution >= 0.6 is 0 Å². The lowest BCUT2D eigenvalue weighted by Crippen LogP contribution is -2.33. The van der Waals surface area contributed by atoms with Crippen LogP contribution in [-0.2, 0) is 18.9 Å². The van der Waals surface area contributed by atoms with E-state index in [-0.39, 0.29) is 31.0 Å². The second-order valence-corrected chi connectivity index (χ2v) is 5.86. The van der Waals surface area contributed by atoms with Crippen LogP contribution in [0.4, 0.5) is 17.6 Å². The topological polar surface area (TPSA) is 38.1 Å². The maximum atomic E-state index is 15.2. The maximum absolute atomic E-state index is 15.2. The van der Waals surface area contributed by atoms with E-state index in [2.05, 4.69) is 5.10 Å². The van der Waals surface area contributed by atoms with E-state index in [1.807, 2.05) is 0 Å². The zero-order valence-corrected chi connectivity index (χ0v) is 12.8. The van der Waals surface area contributed by atoms with Gasteiger partial charge in [-0.05, 0) is 23.8 Å². The first-order valence-electron chi connectivity index (χ1n) is 7.35. The van der Waals surface area contributed by atoms with Gasteiger partial charge in [-0.25, -0.2) is 4.39 Å². The number of rotatable bonds is 2. The Labute approximate surface area is 135 Å². The van der Waals surface area contributed by atoms with Gasteiger partial charge in [0.05, 0.1) is 12.1 Å². The number of likely N-dealkylation sites (tertiary alicyclic amines) is 1. The zero-order valence-electron chi connectivity index (χ0n) is 12.8. The molecule has 4 nitrogen and oxygen atoms in total. The van der Waals surface area contributed by atoms with E-state index >= 15 is 4.39 Å². The predicted octanol–water partition coefficient (Wildman–Crippen LogP) is 3.15. The Morgan fingerprint density at radius 1 is 1.29 bits per heavy atom. The second kappa shape index (κ2) is 5.61. The molecule has 1 aliphatic heterocycles. The molecule has 1 aromatic carbocycles. The van der Waals surface area contributed by atoms with E-state index in [1.165, 1.54) is 34.0 Å². The third-order valence-corrected chi connectivity index (χ3v) is 4.25. The maximum Gasteiger partial charge on any atom is 0.416 e. The normalized spacial score (nSPS) is 21.3. The van der Waals surface area contributed by atoms with Crippen molar-refractivity contribution < 1.29 is 22.4 Å². The molecule has 0 spiro atoms. The Kier molecular flexibility index (Phi) is 3.85. The molecule has 0 saturated carbocycles. The van der Waals surface area contributed by atoms with Crippen molar-refractivity contribution in [3.63, 3.8) is 0 Å². The van der Waals surface area contributed by atoms with Gasteiger partial charge in [-0.2, -0.15) is 18.3 Å². The van der Waals surface area contributed by atoms with E-state index in [9.17, 15) is 18.0 Å². The average molecular weight is 341 g/mol. The third kappa shape index (κ3) is 2.88. The quantitative estimate of drug-likeness (QED) is 0.787. The van der Waals surface area contributed by atoms with Gasteiger partial charge in [-0.1, -0.05) is 12.1 Å². The van der Waals surface area contributed by atoms with Crippen LogP contribution in [0.25, 0.3) is 0 Å². The fraction of sp³-hybridized carbons (Fsp3) is 0.375. The van der Waals surface area contributed by atoms with Gasteiger partial charge in [0, 0.05) is 26.2 Å². The molecule has 0 N–H and O–H groups in total. The molecule has 0 radical (unpaired) electrons. The number of amides is 1. The fourth-order valence-corrected chi connectivity index (χ4v) is 2.90. The molecule has 1 saturated heterocycles. The summed E-state index contributed by atoms with van der Waals surface area (Å²) in [6.07, 6.45) is -3.12. The number of nitrogens with zero attached hydrogens (tertiary/aromatic N) is 3. The first-order chi connectivity index (χ1) is 11.2. The molecule has 8 heteroatoms. The second-order valence-electron chi connectivity index (χ2n) is 5.86. The highest BCUT2D eigenvalue weighted by molar-refractivity contribution is 5.92. The molecule has 1 aromatic heterocycles. The Bertz CT molecular complexity index is 771. The van der Waals surface area contributed by atoms with Crippen LogP contribution in [0.5, 0.6) is 0 Å². The van der Waals surface area contributed by atoms with Crippen LogP contribution in [0.1, 0.15) is 28.0 Å². The summed E-state index contributed by atoms with van der Waals surface area (Å²) in [6, 6.07) is 5.75. The van der Waals surface area contributed by atoms with Crippen molar-refractivity contribution in [1.82, 2.24) is 14.7 Å². The van der Waals surface area contributed by atoms with Crippen molar-refractivity contribution in [3.8, 4) is 0 Å². The molecule has 24 heavy (non-hydrogen) atoms. The number of carbonyl (C=O) groups excluding carboxylic acids is 1. The molecule has 1 atom stereocenters. The van der Waals surface area contributed by atoms with Gasteiger partial charge in [-0.15, -0.1) is 0 Å². The molecule has 1 aliphatic rings. The summed E-state index contributed by atoms with van der Waals surface area (Å²) in [4.78, 5) is 13.7. The Balaban J connectivity index is 1.84. The highest BCUT2D eigenvalue weighted by Crippen LogP contribution is 2.39. The van der Waals surface area contributed by atoms with Crippen LogP contribution in [0.15, 0.2) is 36.5 Å². The van der Waals surface area contributed by atoms with Crippen molar-refractivity contribution in [2.45, 2.75) is 18.3 Å². The molecular formula is C16H15F4N3O. The average Bonchev–Trinajstić information content (AvgIpc) is 3.13. The van der Waals surface area contributed by atoms with Crippen LogP contribution in [0, 0.1) is 0 Å². The number of hydrogen-bond donors (Lipinski definition) is 0. The number of hydrogen-bond acceptors (Lipinski definition) is 2. The number of aryl methyl sites for hydroxylation is 1. The molecule has 1 unspecified atom stereocenters. The molecule has 0 aliphatic carbocycles. The van der Waals surface area contributed by atoms with Crippen molar-refractivity contribution in [2.24, 2.45) is 7.05 Å². The Morgan fingerprint density at radius 3 is 2.67 bits per heavy atom. The Morgan fingerprint density at radius 2 is 2.04 bits per heavy atom. The largest absolute Gasteiger partial charge is 0.416 e. The van der Waals surface area contributed by atoms with Gasteiger partial charge in [-0.3, -0.25) is 9.48 Å². The van der Waals surface area contributed by atoms with Crippen molar-refractivity contribution in [1.29, 1.82) is 0 Å². The van der Waals surface area contributed by atoms with Gasteiger partial charge in [0.1, 0.15) is 5.69 Å². The monoisotopic (exact) mass is 341 g/mol. The molecule has 2 aromatic rings. The van der Waals surface area contributed by atoms with E-state index in [0.717, 1.165) is 12.1 Å². The lowest BCUT2D eigenvalue weighted by molar-refractivity contribution is -0.137. The van der Waals surface area contributed by atoms with Gasteiger partial charge in [0.25, 0.3) is 5.91 Å². The molecule has 1 amide bonds. The molecule has 0 bridgehead atoms. The van der Waals surface area contributed by atoms with E-state index in [0.29, 0.717) is 5.69 Å². The van der Waals surface area contributed by atoms with Crippen LogP contribution in [-0.4, -0.2) is 33.7 Å². The molecule has 1 fully saturated rings. The number of alkyl halides is 4. The number of benzene rings is 1. The highest BCUT2D eigenvalue weighted by Gasteiger charge is 2.43. The summed E-state index contributed by atoms with van der Waals surface area (Å²) in [5.41, 5.74) is -2.63. The van der Waals surface area contributed by atoms with Crippen LogP contribution < -0.4 is 0 Å². The summed E-state index contributed by atoms with van der Waals surface area (Å²) >= 11 is 0. The summed E-state index contributed by atoms with van der Waals surface area (Å²) in [7, 11) is 1.60. The highest BCUT2D eigenvalue weighted by atomic mass is 19.4. The smallest absolute Gasteiger partial charge is 0.334 e. The van der Waals surface area contributed by atoms with Gasteiger partial charge in [0.2, 0.25) is 0 Å². The first kappa shape index (κ1) is 16.5. The summed E-state index contributed by atoms with van der Waals surface area (Å²) in [5.74, 6) is -0.387. The summed E-state index contributed by atoms with van der Waals surface area (Å²) in [5, 5.41) is 3.89. The van der Waals surface area contributed by atoms with Gasteiger partial charge >= 0.3 is 6.18 Å². The zero-order chi connectivity index (χ0) is 17.5. The molecule has 128 valence electrons. The fourth-order valence-electron chi connectivity index (χ4n) is 2.90. The minimum atomic E-state index is -4.53. The minimum Gasteiger partial charge on any atom is -0.334 e. The predicted molar refractivity (Wildman–Crippen MR) is 78.0 cm³/mol. The summed E-state index contributed by atoms with van der Waals surface area (Å²) < 4.78 is 55.0. The van der Waals surface area contributed by atoms with Crippen molar-refractivity contribution in [3.05, 3.63) is 53.3 Å². The van der Waals surface area contributed by atoms with Crippen molar-refractivity contribution in [2.75, 3.05) is 13.1 Å². The van der Waals surface area contributed by atoms with Crippen LogP contribution in [0.2, 0.25) is 0 Å². The first-order valence-corrected chi connectivity index (χ1v) is 7.35.